The standard InChI is InChI=1S/C29H20OS6/c30-22(24-8-2-12-32-24)16-20(17-23(31)25-9-3-13-33-25)6-1-7-21-18-28(26-10-4-14-34-26)36-29(19-21)27-11-5-15-35-27/h1-19,31H/b6-1+,20-16-,23-17-. The molecule has 0 spiro atoms. The van der Waals surface area contributed by atoms with E-state index < -0.39 is 0 Å². The lowest BCUT2D eigenvalue weighted by molar-refractivity contribution is 0.105. The second kappa shape index (κ2) is 12.2. The van der Waals surface area contributed by atoms with Gasteiger partial charge in [-0.25, -0.2) is 0 Å². The highest BCUT2D eigenvalue weighted by Gasteiger charge is 2.15. The number of hydrogen-bond acceptors (Lipinski definition) is 7. The highest BCUT2D eigenvalue weighted by molar-refractivity contribution is 8.17. The van der Waals surface area contributed by atoms with Crippen LogP contribution in [0.25, 0.3) is 14.7 Å². The highest BCUT2D eigenvalue weighted by Crippen LogP contribution is 2.46. The Balaban J connectivity index is 1.47. The molecule has 0 fully saturated rings. The average molecular weight is 577 g/mol. The van der Waals surface area contributed by atoms with E-state index in [2.05, 4.69) is 53.3 Å². The number of thiophene rings is 4. The third-order valence-electron chi connectivity index (χ3n) is 5.06. The SMILES string of the molecule is O=C(/C=C(\C=C(/S)c1cccs1)/C=C/C=C1C=C(c2cccs2)SC(c2cccs2)=C1)c1cccs1. The third kappa shape index (κ3) is 6.48. The van der Waals surface area contributed by atoms with Crippen molar-refractivity contribution in [2.24, 2.45) is 0 Å². The summed E-state index contributed by atoms with van der Waals surface area (Å²) in [6.45, 7) is 0. The largest absolute Gasteiger partial charge is 0.288 e. The van der Waals surface area contributed by atoms with Crippen molar-refractivity contribution in [3.63, 3.8) is 0 Å². The zero-order chi connectivity index (χ0) is 24.7. The molecule has 5 heterocycles. The monoisotopic (exact) mass is 576 g/mol. The van der Waals surface area contributed by atoms with Gasteiger partial charge in [-0.2, -0.15) is 0 Å². The zero-order valence-electron chi connectivity index (χ0n) is 18.9. The lowest BCUT2D eigenvalue weighted by atomic mass is 10.1. The predicted molar refractivity (Wildman–Crippen MR) is 167 cm³/mol. The van der Waals surface area contributed by atoms with Gasteiger partial charge in [0.15, 0.2) is 5.78 Å². The Kier molecular flexibility index (Phi) is 8.59. The molecule has 178 valence electrons. The van der Waals surface area contributed by atoms with Crippen LogP contribution in [-0.2, 0) is 0 Å². The van der Waals surface area contributed by atoms with E-state index in [0.29, 0.717) is 0 Å². The molecule has 0 aliphatic carbocycles. The van der Waals surface area contributed by atoms with Crippen LogP contribution >= 0.6 is 69.7 Å². The van der Waals surface area contributed by atoms with Gasteiger partial charge < -0.3 is 0 Å². The average Bonchev–Trinajstić information content (AvgIpc) is 3.72. The molecule has 1 aliphatic rings. The van der Waals surface area contributed by atoms with Crippen LogP contribution < -0.4 is 0 Å². The van der Waals surface area contributed by atoms with Gasteiger partial charge in [-0.1, -0.05) is 54.3 Å². The number of carbonyl (C=O) groups is 1. The fourth-order valence-electron chi connectivity index (χ4n) is 3.40. The van der Waals surface area contributed by atoms with Crippen LogP contribution in [0, 0.1) is 0 Å². The number of thioether (sulfide) groups is 1. The highest BCUT2D eigenvalue weighted by atomic mass is 32.2. The first-order chi connectivity index (χ1) is 17.7. The summed E-state index contributed by atoms with van der Waals surface area (Å²) >= 11 is 13.1. The van der Waals surface area contributed by atoms with Crippen molar-refractivity contribution in [3.05, 3.63) is 143 Å². The Morgan fingerprint density at radius 1 is 0.722 bits per heavy atom. The van der Waals surface area contributed by atoms with Gasteiger partial charge in [-0.05, 0) is 81.2 Å². The first kappa shape index (κ1) is 25.3. The molecule has 0 atom stereocenters. The van der Waals surface area contributed by atoms with Crippen LogP contribution in [0.2, 0.25) is 0 Å². The van der Waals surface area contributed by atoms with E-state index in [1.807, 2.05) is 65.0 Å². The second-order valence-electron chi connectivity index (χ2n) is 7.59. The maximum absolute atomic E-state index is 12.8. The normalized spacial score (nSPS) is 14.8. The van der Waals surface area contributed by atoms with Gasteiger partial charge in [-0.3, -0.25) is 4.79 Å². The van der Waals surface area contributed by atoms with Crippen LogP contribution in [0.4, 0.5) is 0 Å². The van der Waals surface area contributed by atoms with Crippen molar-refractivity contribution in [2.75, 3.05) is 0 Å². The van der Waals surface area contributed by atoms with Crippen molar-refractivity contribution in [3.8, 4) is 0 Å². The van der Waals surface area contributed by atoms with Crippen LogP contribution in [-0.4, -0.2) is 5.78 Å². The zero-order valence-corrected chi connectivity index (χ0v) is 23.8. The van der Waals surface area contributed by atoms with Crippen LogP contribution in [0.3, 0.4) is 0 Å². The maximum Gasteiger partial charge on any atom is 0.196 e. The van der Waals surface area contributed by atoms with E-state index >= 15 is 0 Å². The summed E-state index contributed by atoms with van der Waals surface area (Å²) in [5.41, 5.74) is 1.92. The molecule has 0 radical (unpaired) electrons. The van der Waals surface area contributed by atoms with E-state index in [9.17, 15) is 4.79 Å². The summed E-state index contributed by atoms with van der Waals surface area (Å²) in [6, 6.07) is 16.3. The fourth-order valence-corrected chi connectivity index (χ4v) is 7.83. The van der Waals surface area contributed by atoms with E-state index in [1.54, 1.807) is 40.1 Å². The molecule has 4 aromatic rings. The predicted octanol–water partition coefficient (Wildman–Crippen LogP) is 10.3. The third-order valence-corrected chi connectivity index (χ3v) is 10.5. The van der Waals surface area contributed by atoms with Crippen molar-refractivity contribution < 1.29 is 4.79 Å². The molecule has 5 rings (SSSR count). The Morgan fingerprint density at radius 3 is 1.86 bits per heavy atom. The number of allylic oxidation sites excluding steroid dienone is 9. The van der Waals surface area contributed by atoms with Gasteiger partial charge in [0.25, 0.3) is 0 Å². The van der Waals surface area contributed by atoms with E-state index in [-0.39, 0.29) is 5.78 Å². The van der Waals surface area contributed by atoms with Crippen LogP contribution in [0.5, 0.6) is 0 Å². The Morgan fingerprint density at radius 2 is 1.31 bits per heavy atom. The summed E-state index contributed by atoms with van der Waals surface area (Å²) in [6.07, 6.45) is 14.2. The van der Waals surface area contributed by atoms with Gasteiger partial charge in [-0.15, -0.1) is 58.0 Å². The van der Waals surface area contributed by atoms with Gasteiger partial charge >= 0.3 is 0 Å². The molecule has 36 heavy (non-hydrogen) atoms. The summed E-state index contributed by atoms with van der Waals surface area (Å²) in [5, 5.41) is 8.16. The molecular formula is C29H20OS6. The number of thiol groups is 1. The van der Waals surface area contributed by atoms with Crippen LogP contribution in [0.15, 0.2) is 124 Å². The Hall–Kier alpha value is -2.39. The summed E-state index contributed by atoms with van der Waals surface area (Å²) in [5.74, 6) is -0.00492. The fraction of sp³-hybridized carbons (Fsp3) is 0. The lowest BCUT2D eigenvalue weighted by Gasteiger charge is -2.14. The molecule has 0 N–H and O–H groups in total. The quantitative estimate of drug-likeness (QED) is 0.0972. The smallest absolute Gasteiger partial charge is 0.196 e. The lowest BCUT2D eigenvalue weighted by Crippen LogP contribution is -1.91. The van der Waals surface area contributed by atoms with Crippen LogP contribution in [0.1, 0.15) is 24.3 Å². The molecule has 0 unspecified atom stereocenters. The molecule has 7 heteroatoms. The number of rotatable bonds is 8. The Bertz CT molecular complexity index is 1440. The summed E-state index contributed by atoms with van der Waals surface area (Å²) < 4.78 is 0. The molecular weight excluding hydrogens is 557 g/mol. The van der Waals surface area contributed by atoms with Gasteiger partial charge in [0.2, 0.25) is 0 Å². The molecule has 0 saturated heterocycles. The van der Waals surface area contributed by atoms with E-state index in [4.69, 9.17) is 12.6 Å². The van der Waals surface area contributed by atoms with Gasteiger partial charge in [0.05, 0.1) is 4.88 Å². The van der Waals surface area contributed by atoms with E-state index in [0.717, 1.165) is 25.8 Å². The summed E-state index contributed by atoms with van der Waals surface area (Å²) in [7, 11) is 0. The minimum Gasteiger partial charge on any atom is -0.288 e. The number of ketones is 1. The second-order valence-corrected chi connectivity index (χ2v) is 12.9. The number of carbonyl (C=O) groups excluding carboxylic acids is 1. The van der Waals surface area contributed by atoms with Crippen molar-refractivity contribution in [2.45, 2.75) is 0 Å². The van der Waals surface area contributed by atoms with Crippen molar-refractivity contribution >= 4 is 90.2 Å². The molecule has 1 nitrogen and oxygen atoms in total. The first-order valence-corrected chi connectivity index (χ1v) is 15.8. The van der Waals surface area contributed by atoms with E-state index in [1.165, 1.54) is 30.9 Å². The van der Waals surface area contributed by atoms with Gasteiger partial charge in [0, 0.05) is 29.3 Å². The first-order valence-electron chi connectivity index (χ1n) is 11.0. The molecule has 0 amide bonds. The molecule has 0 saturated carbocycles. The van der Waals surface area contributed by atoms with Gasteiger partial charge in [0.1, 0.15) is 0 Å². The minimum absolute atomic E-state index is 0.00492. The molecule has 0 aromatic carbocycles. The molecule has 1 aliphatic heterocycles. The summed E-state index contributed by atoms with van der Waals surface area (Å²) in [4.78, 5) is 20.4. The van der Waals surface area contributed by atoms with Crippen molar-refractivity contribution in [1.29, 1.82) is 0 Å². The molecule has 0 bridgehead atoms. The maximum atomic E-state index is 12.8. The minimum atomic E-state index is -0.00492. The Labute approximate surface area is 236 Å². The topological polar surface area (TPSA) is 17.1 Å². The molecule has 4 aromatic heterocycles. The van der Waals surface area contributed by atoms with Crippen molar-refractivity contribution in [1.82, 2.24) is 0 Å². The number of hydrogen-bond donors (Lipinski definition) is 1.